The van der Waals surface area contributed by atoms with Crippen molar-refractivity contribution in [1.82, 2.24) is 25.3 Å². The van der Waals surface area contributed by atoms with E-state index in [-0.39, 0.29) is 11.6 Å². The van der Waals surface area contributed by atoms with Crippen LogP contribution < -0.4 is 5.32 Å². The lowest BCUT2D eigenvalue weighted by molar-refractivity contribution is -0.131. The predicted octanol–water partition coefficient (Wildman–Crippen LogP) is 0.201. The number of rotatable bonds is 6. The molecule has 0 spiro atoms. The molecule has 0 bridgehead atoms. The van der Waals surface area contributed by atoms with Crippen molar-refractivity contribution in [2.45, 2.75) is 6.54 Å². The molecular weight excluding hydrogens is 274 g/mol. The van der Waals surface area contributed by atoms with Crippen molar-refractivity contribution in [2.75, 3.05) is 6.54 Å². The summed E-state index contributed by atoms with van der Waals surface area (Å²) < 4.78 is 1.59. The van der Waals surface area contributed by atoms with Crippen molar-refractivity contribution in [1.29, 1.82) is 0 Å². The van der Waals surface area contributed by atoms with E-state index in [0.717, 1.165) is 6.08 Å². The van der Waals surface area contributed by atoms with Gasteiger partial charge >= 0.3 is 5.97 Å². The fraction of sp³-hybridized carbons (Fsp3) is 0.154. The zero-order valence-electron chi connectivity index (χ0n) is 11.0. The number of nitrogens with one attached hydrogen (secondary N) is 1. The molecule has 0 aliphatic heterocycles. The lowest BCUT2D eigenvalue weighted by Gasteiger charge is -2.06. The highest BCUT2D eigenvalue weighted by Gasteiger charge is 2.10. The molecule has 2 aromatic heterocycles. The van der Waals surface area contributed by atoms with Crippen LogP contribution in [0, 0.1) is 0 Å². The highest BCUT2D eigenvalue weighted by Crippen LogP contribution is 2.07. The molecule has 0 aliphatic rings. The van der Waals surface area contributed by atoms with Crippen molar-refractivity contribution in [2.24, 2.45) is 0 Å². The summed E-state index contributed by atoms with van der Waals surface area (Å²) in [6, 6.07) is 3.26. The molecule has 2 heterocycles. The number of pyridine rings is 1. The Hall–Kier alpha value is -3.03. The molecule has 0 saturated heterocycles. The lowest BCUT2D eigenvalue weighted by Crippen LogP contribution is -2.28. The number of carbonyl (C=O) groups is 2. The van der Waals surface area contributed by atoms with E-state index in [4.69, 9.17) is 5.11 Å². The molecule has 108 valence electrons. The molecule has 1 amide bonds. The largest absolute Gasteiger partial charge is 0.478 e. The van der Waals surface area contributed by atoms with Crippen molar-refractivity contribution < 1.29 is 14.7 Å². The Labute approximate surface area is 120 Å². The van der Waals surface area contributed by atoms with E-state index in [9.17, 15) is 9.59 Å². The van der Waals surface area contributed by atoms with Gasteiger partial charge in [-0.25, -0.2) is 4.79 Å². The Morgan fingerprint density at radius 1 is 1.38 bits per heavy atom. The molecule has 8 heteroatoms. The van der Waals surface area contributed by atoms with Gasteiger partial charge in [-0.2, -0.15) is 0 Å². The minimum absolute atomic E-state index is 0.175. The number of nitrogens with zero attached hydrogens (tertiary/aromatic N) is 4. The molecule has 0 unspecified atom stereocenters. The molecule has 2 rings (SSSR count). The van der Waals surface area contributed by atoms with Gasteiger partial charge in [0.05, 0.1) is 12.7 Å². The predicted molar refractivity (Wildman–Crippen MR) is 73.3 cm³/mol. The zero-order valence-corrected chi connectivity index (χ0v) is 11.0. The van der Waals surface area contributed by atoms with Crippen LogP contribution in [0.1, 0.15) is 16.1 Å². The van der Waals surface area contributed by atoms with Gasteiger partial charge in [-0.05, 0) is 12.1 Å². The number of carbonyl (C=O) groups excluding carboxylic acids is 1. The van der Waals surface area contributed by atoms with Gasteiger partial charge in [-0.15, -0.1) is 5.10 Å². The fourth-order valence-electron chi connectivity index (χ4n) is 1.62. The Morgan fingerprint density at radius 2 is 2.24 bits per heavy atom. The monoisotopic (exact) mass is 287 g/mol. The molecule has 0 radical (unpaired) electrons. The van der Waals surface area contributed by atoms with Crippen molar-refractivity contribution >= 4 is 18.0 Å². The lowest BCUT2D eigenvalue weighted by atomic mass is 10.1. The SMILES string of the molecule is O=C(O)/C=C/c1cccnc1C(=O)NCCn1ccnn1. The molecule has 0 atom stereocenters. The Balaban J connectivity index is 2.00. The number of aliphatic carboxylic acids is 1. The van der Waals surface area contributed by atoms with Gasteiger partial charge in [0.2, 0.25) is 0 Å². The van der Waals surface area contributed by atoms with Crippen LogP contribution in [0.15, 0.2) is 36.8 Å². The molecule has 0 saturated carbocycles. The molecule has 8 nitrogen and oxygen atoms in total. The minimum Gasteiger partial charge on any atom is -0.478 e. The number of hydrogen-bond acceptors (Lipinski definition) is 5. The van der Waals surface area contributed by atoms with E-state index in [1.807, 2.05) is 0 Å². The van der Waals surface area contributed by atoms with Crippen molar-refractivity contribution in [3.63, 3.8) is 0 Å². The van der Waals surface area contributed by atoms with Gasteiger partial charge < -0.3 is 10.4 Å². The van der Waals surface area contributed by atoms with Gasteiger partial charge in [0, 0.05) is 30.6 Å². The summed E-state index contributed by atoms with van der Waals surface area (Å²) in [6.45, 7) is 0.847. The Kier molecular flexibility index (Phi) is 4.75. The molecule has 0 fully saturated rings. The number of carboxylic acid groups (broad SMARTS) is 1. The molecule has 21 heavy (non-hydrogen) atoms. The molecule has 2 N–H and O–H groups in total. The maximum atomic E-state index is 12.0. The first-order chi connectivity index (χ1) is 10.2. The summed E-state index contributed by atoms with van der Waals surface area (Å²) in [5.74, 6) is -1.46. The van der Waals surface area contributed by atoms with Crippen LogP contribution in [0.25, 0.3) is 6.08 Å². The summed E-state index contributed by atoms with van der Waals surface area (Å²) in [7, 11) is 0. The van der Waals surface area contributed by atoms with Crippen LogP contribution >= 0.6 is 0 Å². The van der Waals surface area contributed by atoms with E-state index in [2.05, 4.69) is 20.6 Å². The maximum absolute atomic E-state index is 12.0. The van der Waals surface area contributed by atoms with E-state index >= 15 is 0 Å². The van der Waals surface area contributed by atoms with E-state index < -0.39 is 5.97 Å². The maximum Gasteiger partial charge on any atom is 0.328 e. The van der Waals surface area contributed by atoms with Crippen LogP contribution in [-0.4, -0.2) is 43.5 Å². The molecular formula is C13H13N5O3. The third-order valence-electron chi connectivity index (χ3n) is 2.56. The average molecular weight is 287 g/mol. The van der Waals surface area contributed by atoms with Crippen molar-refractivity contribution in [3.8, 4) is 0 Å². The summed E-state index contributed by atoms with van der Waals surface area (Å²) in [5, 5.41) is 18.8. The van der Waals surface area contributed by atoms with Gasteiger partial charge in [0.15, 0.2) is 0 Å². The third kappa shape index (κ3) is 4.23. The van der Waals surface area contributed by atoms with E-state index in [1.54, 1.807) is 29.2 Å². The number of aromatic nitrogens is 4. The number of hydrogen-bond donors (Lipinski definition) is 2. The molecule has 0 aromatic carbocycles. The number of carboxylic acids is 1. The molecule has 0 aliphatic carbocycles. The van der Waals surface area contributed by atoms with Gasteiger partial charge in [0.1, 0.15) is 5.69 Å². The number of amides is 1. The highest BCUT2D eigenvalue weighted by atomic mass is 16.4. The van der Waals surface area contributed by atoms with Gasteiger partial charge in [0.25, 0.3) is 5.91 Å². The summed E-state index contributed by atoms with van der Waals surface area (Å²) >= 11 is 0. The van der Waals surface area contributed by atoms with E-state index in [0.29, 0.717) is 18.7 Å². The smallest absolute Gasteiger partial charge is 0.328 e. The summed E-state index contributed by atoms with van der Waals surface area (Å²) in [4.78, 5) is 26.6. The summed E-state index contributed by atoms with van der Waals surface area (Å²) in [5.41, 5.74) is 0.617. The quantitative estimate of drug-likeness (QED) is 0.734. The second-order valence-electron chi connectivity index (χ2n) is 4.03. The van der Waals surface area contributed by atoms with Crippen LogP contribution in [0.2, 0.25) is 0 Å². The third-order valence-corrected chi connectivity index (χ3v) is 2.56. The van der Waals surface area contributed by atoms with Crippen LogP contribution in [0.5, 0.6) is 0 Å². The summed E-state index contributed by atoms with van der Waals surface area (Å²) in [6.07, 6.45) is 7.01. The van der Waals surface area contributed by atoms with Crippen LogP contribution in [-0.2, 0) is 11.3 Å². The minimum atomic E-state index is -1.09. The highest BCUT2D eigenvalue weighted by molar-refractivity contribution is 5.97. The first-order valence-corrected chi connectivity index (χ1v) is 6.15. The second kappa shape index (κ2) is 6.94. The first kappa shape index (κ1) is 14.4. The Morgan fingerprint density at radius 3 is 2.95 bits per heavy atom. The van der Waals surface area contributed by atoms with Gasteiger partial charge in [-0.3, -0.25) is 14.5 Å². The zero-order chi connectivity index (χ0) is 15.1. The second-order valence-corrected chi connectivity index (χ2v) is 4.03. The normalized spacial score (nSPS) is 10.7. The molecule has 2 aromatic rings. The average Bonchev–Trinajstić information content (AvgIpc) is 2.98. The standard InChI is InChI=1S/C13H13N5O3/c19-11(20)4-3-10-2-1-5-14-12(10)13(21)15-6-8-18-9-7-16-17-18/h1-5,7,9H,6,8H2,(H,15,21)(H,19,20)/b4-3+. The fourth-order valence-corrected chi connectivity index (χ4v) is 1.62. The first-order valence-electron chi connectivity index (χ1n) is 6.15. The van der Waals surface area contributed by atoms with Crippen LogP contribution in [0.4, 0.5) is 0 Å². The topological polar surface area (TPSA) is 110 Å². The Bertz CT molecular complexity index is 652. The van der Waals surface area contributed by atoms with Gasteiger partial charge in [-0.1, -0.05) is 11.3 Å². The van der Waals surface area contributed by atoms with Crippen molar-refractivity contribution in [3.05, 3.63) is 48.1 Å². The van der Waals surface area contributed by atoms with E-state index in [1.165, 1.54) is 12.3 Å². The van der Waals surface area contributed by atoms with Crippen LogP contribution in [0.3, 0.4) is 0 Å².